The Hall–Kier alpha value is -3.51. The molecular formula is C25H27N3O5S. The van der Waals surface area contributed by atoms with E-state index in [0.29, 0.717) is 47.0 Å². The zero-order chi connectivity index (χ0) is 24.2. The van der Waals surface area contributed by atoms with Crippen LogP contribution in [0.5, 0.6) is 23.0 Å². The maximum Gasteiger partial charge on any atom is 0.229 e. The van der Waals surface area contributed by atoms with E-state index in [-0.39, 0.29) is 12.3 Å². The Morgan fingerprint density at radius 2 is 1.76 bits per heavy atom. The molecule has 2 aliphatic heterocycles. The quantitative estimate of drug-likeness (QED) is 0.578. The van der Waals surface area contributed by atoms with Crippen LogP contribution in [-0.4, -0.2) is 51.3 Å². The average molecular weight is 482 g/mol. The number of benzene rings is 2. The number of ether oxygens (including phenoxy) is 4. The van der Waals surface area contributed by atoms with E-state index in [2.05, 4.69) is 11.0 Å². The topological polar surface area (TPSA) is 84.3 Å². The molecule has 2 heterocycles. The van der Waals surface area contributed by atoms with Gasteiger partial charge in [0.2, 0.25) is 5.91 Å². The smallest absolute Gasteiger partial charge is 0.229 e. The molecule has 0 spiro atoms. The van der Waals surface area contributed by atoms with Crippen molar-refractivity contribution in [1.82, 2.24) is 4.90 Å². The summed E-state index contributed by atoms with van der Waals surface area (Å²) in [6.45, 7) is 2.85. The number of allylic oxidation sites excluding steroid dienone is 1. The number of amides is 1. The molecule has 0 aromatic heterocycles. The fourth-order valence-electron chi connectivity index (χ4n) is 4.30. The summed E-state index contributed by atoms with van der Waals surface area (Å²) >= 11 is 1.48. The maximum absolute atomic E-state index is 13.4. The standard InChI is InChI=1S/C25H27N3O5S/c1-5-33-20-9-7-6-8-19(20)27-14-28-24(29)11-16(18(13-26)25(28)34-15-27)17-10-22(31-3)23(32-4)12-21(17)30-2/h6-10,12,16H,5,11,14-15H2,1-4H3. The molecule has 2 aliphatic rings. The van der Waals surface area contributed by atoms with E-state index in [1.54, 1.807) is 38.4 Å². The lowest BCUT2D eigenvalue weighted by Gasteiger charge is -2.42. The molecule has 0 radical (unpaired) electrons. The Bertz CT molecular complexity index is 1160. The Balaban J connectivity index is 1.71. The molecule has 0 aliphatic carbocycles. The molecule has 34 heavy (non-hydrogen) atoms. The minimum absolute atomic E-state index is 0.0538. The summed E-state index contributed by atoms with van der Waals surface area (Å²) < 4.78 is 22.2. The first-order valence-electron chi connectivity index (χ1n) is 10.9. The van der Waals surface area contributed by atoms with Gasteiger partial charge in [0.05, 0.1) is 62.8 Å². The number of anilines is 1. The monoisotopic (exact) mass is 481 g/mol. The van der Waals surface area contributed by atoms with Crippen LogP contribution in [0.25, 0.3) is 0 Å². The maximum atomic E-state index is 13.4. The normalized spacial score (nSPS) is 17.7. The average Bonchev–Trinajstić information content (AvgIpc) is 2.88. The van der Waals surface area contributed by atoms with Crippen molar-refractivity contribution in [2.75, 3.05) is 45.4 Å². The number of hydrogen-bond acceptors (Lipinski definition) is 8. The second kappa shape index (κ2) is 10.2. The third-order valence-corrected chi connectivity index (χ3v) is 7.07. The number of methoxy groups -OCH3 is 3. The first kappa shape index (κ1) is 23.6. The van der Waals surface area contributed by atoms with Gasteiger partial charge in [0.1, 0.15) is 11.5 Å². The van der Waals surface area contributed by atoms with Gasteiger partial charge in [0.25, 0.3) is 0 Å². The van der Waals surface area contributed by atoms with Crippen molar-refractivity contribution in [3.05, 3.63) is 52.6 Å². The van der Waals surface area contributed by atoms with Gasteiger partial charge in [-0.3, -0.25) is 9.69 Å². The minimum Gasteiger partial charge on any atom is -0.496 e. The van der Waals surface area contributed by atoms with E-state index in [4.69, 9.17) is 18.9 Å². The minimum atomic E-state index is -0.437. The lowest BCUT2D eigenvalue weighted by atomic mass is 9.85. The summed E-state index contributed by atoms with van der Waals surface area (Å²) in [6.07, 6.45) is 0.153. The first-order valence-corrected chi connectivity index (χ1v) is 11.9. The largest absolute Gasteiger partial charge is 0.496 e. The van der Waals surface area contributed by atoms with Crippen molar-refractivity contribution in [3.63, 3.8) is 0 Å². The molecule has 1 atom stereocenters. The molecule has 2 aromatic carbocycles. The highest BCUT2D eigenvalue weighted by molar-refractivity contribution is 8.03. The molecule has 9 heteroatoms. The highest BCUT2D eigenvalue weighted by Gasteiger charge is 2.40. The molecular weight excluding hydrogens is 454 g/mol. The van der Waals surface area contributed by atoms with Crippen LogP contribution >= 0.6 is 11.8 Å². The first-order chi connectivity index (χ1) is 16.6. The van der Waals surface area contributed by atoms with Gasteiger partial charge in [-0.2, -0.15) is 5.26 Å². The lowest BCUT2D eigenvalue weighted by Crippen LogP contribution is -2.47. The van der Waals surface area contributed by atoms with Gasteiger partial charge in [-0.15, -0.1) is 0 Å². The van der Waals surface area contributed by atoms with Gasteiger partial charge in [-0.1, -0.05) is 23.9 Å². The van der Waals surface area contributed by atoms with E-state index in [1.807, 2.05) is 31.2 Å². The molecule has 2 aromatic rings. The predicted molar refractivity (Wildman–Crippen MR) is 130 cm³/mol. The molecule has 4 rings (SSSR count). The molecule has 0 saturated carbocycles. The van der Waals surface area contributed by atoms with Gasteiger partial charge < -0.3 is 23.8 Å². The summed E-state index contributed by atoms with van der Waals surface area (Å²) in [5.74, 6) is 2.46. The number of fused-ring (bicyclic) bond motifs is 1. The van der Waals surface area contributed by atoms with Gasteiger partial charge in [-0.05, 0) is 25.1 Å². The molecule has 1 fully saturated rings. The second-order valence-corrected chi connectivity index (χ2v) is 8.65. The summed E-state index contributed by atoms with van der Waals surface area (Å²) in [4.78, 5) is 17.1. The van der Waals surface area contributed by atoms with E-state index in [0.717, 1.165) is 17.0 Å². The van der Waals surface area contributed by atoms with Gasteiger partial charge >= 0.3 is 0 Å². The van der Waals surface area contributed by atoms with Crippen LogP contribution in [0, 0.1) is 11.3 Å². The number of carbonyl (C=O) groups excluding carboxylic acids is 1. The van der Waals surface area contributed by atoms with Crippen LogP contribution in [-0.2, 0) is 4.79 Å². The molecule has 0 bridgehead atoms. The number of hydrogen-bond donors (Lipinski definition) is 0. The number of nitrogens with zero attached hydrogens (tertiary/aromatic N) is 3. The summed E-state index contributed by atoms with van der Waals surface area (Å²) in [5, 5.41) is 10.8. The van der Waals surface area contributed by atoms with Crippen molar-refractivity contribution < 1.29 is 23.7 Å². The Labute approximate surface area is 203 Å². The molecule has 8 nitrogen and oxygen atoms in total. The van der Waals surface area contributed by atoms with E-state index in [1.165, 1.54) is 11.8 Å². The van der Waals surface area contributed by atoms with Gasteiger partial charge in [-0.25, -0.2) is 0 Å². The van der Waals surface area contributed by atoms with Crippen LogP contribution in [0.4, 0.5) is 5.69 Å². The van der Waals surface area contributed by atoms with Crippen molar-refractivity contribution in [2.24, 2.45) is 0 Å². The highest BCUT2D eigenvalue weighted by atomic mass is 32.2. The number of nitriles is 1. The molecule has 1 saturated heterocycles. The van der Waals surface area contributed by atoms with Gasteiger partial charge in [0, 0.05) is 24.0 Å². The summed E-state index contributed by atoms with van der Waals surface area (Å²) in [6, 6.07) is 13.7. The van der Waals surface area contributed by atoms with E-state index in [9.17, 15) is 10.1 Å². The van der Waals surface area contributed by atoms with Crippen LogP contribution in [0.15, 0.2) is 47.0 Å². The zero-order valence-corrected chi connectivity index (χ0v) is 20.5. The van der Waals surface area contributed by atoms with Crippen LogP contribution in [0.2, 0.25) is 0 Å². The van der Waals surface area contributed by atoms with Crippen LogP contribution in [0.3, 0.4) is 0 Å². The SMILES string of the molecule is CCOc1ccccc1N1CSC2=C(C#N)C(c3cc(OC)c(OC)cc3OC)CC(=O)N2C1. The molecule has 1 amide bonds. The third-order valence-electron chi connectivity index (χ3n) is 5.91. The second-order valence-electron chi connectivity index (χ2n) is 7.71. The number of carbonyl (C=O) groups is 1. The molecule has 178 valence electrons. The molecule has 0 N–H and O–H groups in total. The number of para-hydroxylation sites is 2. The van der Waals surface area contributed by atoms with Crippen LogP contribution < -0.4 is 23.8 Å². The molecule has 1 unspecified atom stereocenters. The van der Waals surface area contributed by atoms with Crippen molar-refractivity contribution in [2.45, 2.75) is 19.3 Å². The van der Waals surface area contributed by atoms with Crippen molar-refractivity contribution >= 4 is 23.4 Å². The van der Waals surface area contributed by atoms with Crippen molar-refractivity contribution in [1.29, 1.82) is 5.26 Å². The highest BCUT2D eigenvalue weighted by Crippen LogP contribution is 2.48. The lowest BCUT2D eigenvalue weighted by molar-refractivity contribution is -0.129. The Morgan fingerprint density at radius 1 is 1.06 bits per heavy atom. The predicted octanol–water partition coefficient (Wildman–Crippen LogP) is 4.33. The third kappa shape index (κ3) is 4.21. The number of thioether (sulfide) groups is 1. The fraction of sp³-hybridized carbons (Fsp3) is 0.360. The van der Waals surface area contributed by atoms with E-state index < -0.39 is 5.92 Å². The summed E-state index contributed by atoms with van der Waals surface area (Å²) in [7, 11) is 4.66. The Kier molecular flexibility index (Phi) is 7.08. The summed E-state index contributed by atoms with van der Waals surface area (Å²) in [5.41, 5.74) is 2.20. The number of rotatable bonds is 7. The van der Waals surface area contributed by atoms with Crippen LogP contribution in [0.1, 0.15) is 24.8 Å². The van der Waals surface area contributed by atoms with Crippen molar-refractivity contribution in [3.8, 4) is 29.1 Å². The zero-order valence-electron chi connectivity index (χ0n) is 19.7. The Morgan fingerprint density at radius 3 is 2.44 bits per heavy atom. The van der Waals surface area contributed by atoms with E-state index >= 15 is 0 Å². The van der Waals surface area contributed by atoms with Gasteiger partial charge in [0.15, 0.2) is 11.5 Å². The fourth-order valence-corrected chi connectivity index (χ4v) is 5.46.